The molecule has 118 valence electrons. The average Bonchev–Trinajstić information content (AvgIpc) is 2.47. The van der Waals surface area contributed by atoms with Gasteiger partial charge in [0.25, 0.3) is 5.91 Å². The summed E-state index contributed by atoms with van der Waals surface area (Å²) in [5, 5.41) is 0.593. The lowest BCUT2D eigenvalue weighted by molar-refractivity contribution is 0.00845. The highest BCUT2D eigenvalue weighted by Gasteiger charge is 2.23. The van der Waals surface area contributed by atoms with Crippen LogP contribution in [0.15, 0.2) is 24.3 Å². The maximum atomic E-state index is 12.3. The molecule has 0 spiro atoms. The Morgan fingerprint density at radius 3 is 2.71 bits per heavy atom. The molecule has 2 rings (SSSR count). The molecule has 6 heteroatoms. The van der Waals surface area contributed by atoms with E-state index in [4.69, 9.17) is 22.1 Å². The third-order valence-corrected chi connectivity index (χ3v) is 3.74. The van der Waals surface area contributed by atoms with Crippen molar-refractivity contribution >= 4 is 29.9 Å². The monoisotopic (exact) mass is 332 g/mol. The molecule has 0 unspecified atom stereocenters. The predicted octanol–water partition coefficient (Wildman–Crippen LogP) is 2.73. The van der Waals surface area contributed by atoms with Crippen molar-refractivity contribution in [2.24, 2.45) is 5.73 Å². The van der Waals surface area contributed by atoms with Crippen molar-refractivity contribution in [2.45, 2.75) is 25.4 Å². The van der Waals surface area contributed by atoms with E-state index < -0.39 is 0 Å². The predicted molar refractivity (Wildman–Crippen MR) is 87.2 cm³/mol. The van der Waals surface area contributed by atoms with Crippen molar-refractivity contribution in [3.05, 3.63) is 34.9 Å². The van der Waals surface area contributed by atoms with Crippen molar-refractivity contribution < 1.29 is 9.53 Å². The van der Waals surface area contributed by atoms with E-state index in [2.05, 4.69) is 0 Å². The molecule has 1 aliphatic rings. The Morgan fingerprint density at radius 2 is 2.10 bits per heavy atom. The van der Waals surface area contributed by atoms with Crippen LogP contribution in [0.3, 0.4) is 0 Å². The number of piperidine rings is 1. The first-order valence-electron chi connectivity index (χ1n) is 7.07. The van der Waals surface area contributed by atoms with E-state index in [9.17, 15) is 4.79 Å². The van der Waals surface area contributed by atoms with Crippen LogP contribution in [0, 0.1) is 0 Å². The minimum atomic E-state index is 0. The zero-order valence-electron chi connectivity index (χ0n) is 12.0. The second-order valence-corrected chi connectivity index (χ2v) is 5.45. The first-order chi connectivity index (χ1) is 9.70. The number of amides is 1. The molecule has 1 amide bonds. The van der Waals surface area contributed by atoms with Gasteiger partial charge in [-0.1, -0.05) is 17.7 Å². The van der Waals surface area contributed by atoms with Gasteiger partial charge in [-0.25, -0.2) is 0 Å². The quantitative estimate of drug-likeness (QED) is 0.843. The van der Waals surface area contributed by atoms with Crippen molar-refractivity contribution in [2.75, 3.05) is 26.2 Å². The Kier molecular flexibility index (Phi) is 8.04. The molecule has 0 saturated carbocycles. The lowest BCUT2D eigenvalue weighted by atomic mass is 10.1. The number of nitrogens with zero attached hydrogens (tertiary/aromatic N) is 1. The summed E-state index contributed by atoms with van der Waals surface area (Å²) in [6, 6.07) is 7.10. The van der Waals surface area contributed by atoms with Crippen LogP contribution in [0.4, 0.5) is 0 Å². The normalized spacial score (nSPS) is 15.6. The van der Waals surface area contributed by atoms with Crippen LogP contribution in [0.5, 0.6) is 0 Å². The number of ether oxygens (including phenoxy) is 1. The number of rotatable bonds is 5. The van der Waals surface area contributed by atoms with Gasteiger partial charge in [0.05, 0.1) is 6.10 Å². The van der Waals surface area contributed by atoms with Gasteiger partial charge in [0.2, 0.25) is 0 Å². The van der Waals surface area contributed by atoms with Crippen molar-refractivity contribution in [3.8, 4) is 0 Å². The van der Waals surface area contributed by atoms with Gasteiger partial charge in [-0.05, 0) is 44.0 Å². The summed E-state index contributed by atoms with van der Waals surface area (Å²) in [6.45, 7) is 2.84. The summed E-state index contributed by atoms with van der Waals surface area (Å²) in [5.41, 5.74) is 6.09. The number of benzene rings is 1. The van der Waals surface area contributed by atoms with Crippen LogP contribution in [-0.4, -0.2) is 43.2 Å². The van der Waals surface area contributed by atoms with Crippen LogP contribution >= 0.6 is 24.0 Å². The molecule has 1 aromatic rings. The van der Waals surface area contributed by atoms with Crippen LogP contribution in [0.2, 0.25) is 5.02 Å². The molecule has 0 aromatic heterocycles. The molecule has 0 atom stereocenters. The van der Waals surface area contributed by atoms with E-state index in [0.29, 0.717) is 23.7 Å². The van der Waals surface area contributed by atoms with Gasteiger partial charge in [-0.15, -0.1) is 12.4 Å². The summed E-state index contributed by atoms with van der Waals surface area (Å²) in [5.74, 6) is 0.0490. The maximum Gasteiger partial charge on any atom is 0.253 e. The van der Waals surface area contributed by atoms with Gasteiger partial charge >= 0.3 is 0 Å². The first kappa shape index (κ1) is 18.2. The summed E-state index contributed by atoms with van der Waals surface area (Å²) in [7, 11) is 0. The highest BCUT2D eigenvalue weighted by Crippen LogP contribution is 2.18. The van der Waals surface area contributed by atoms with E-state index >= 15 is 0 Å². The highest BCUT2D eigenvalue weighted by atomic mass is 35.5. The Labute approximate surface area is 137 Å². The fraction of sp³-hybridized carbons (Fsp3) is 0.533. The fourth-order valence-electron chi connectivity index (χ4n) is 2.36. The average molecular weight is 333 g/mol. The van der Waals surface area contributed by atoms with Crippen LogP contribution < -0.4 is 5.73 Å². The summed E-state index contributed by atoms with van der Waals surface area (Å²) in [4.78, 5) is 14.2. The molecule has 1 aliphatic heterocycles. The summed E-state index contributed by atoms with van der Waals surface area (Å²) in [6.07, 6.45) is 2.92. The van der Waals surface area contributed by atoms with Gasteiger partial charge in [0.1, 0.15) is 0 Å². The standard InChI is InChI=1S/C15H21ClN2O2.ClH/c16-13-4-1-3-12(11-13)15(19)18-8-5-14(6-9-18)20-10-2-7-17;/h1,3-4,11,14H,2,5-10,17H2;1H. The molecule has 21 heavy (non-hydrogen) atoms. The molecule has 1 saturated heterocycles. The molecule has 0 radical (unpaired) electrons. The molecule has 1 fully saturated rings. The molecule has 1 heterocycles. The molecule has 4 nitrogen and oxygen atoms in total. The van der Waals surface area contributed by atoms with E-state index in [1.165, 1.54) is 0 Å². The number of nitrogens with two attached hydrogens (primary N) is 1. The van der Waals surface area contributed by atoms with Crippen molar-refractivity contribution in [1.82, 2.24) is 4.90 Å². The Hall–Kier alpha value is -0.810. The number of halogens is 2. The molecular formula is C15H22Cl2N2O2. The number of carbonyl (C=O) groups is 1. The van der Waals surface area contributed by atoms with Gasteiger partial charge in [0, 0.05) is 30.3 Å². The number of carbonyl (C=O) groups excluding carboxylic acids is 1. The highest BCUT2D eigenvalue weighted by molar-refractivity contribution is 6.30. The van der Waals surface area contributed by atoms with Gasteiger partial charge < -0.3 is 15.4 Å². The lowest BCUT2D eigenvalue weighted by Gasteiger charge is -2.32. The number of hydrogen-bond donors (Lipinski definition) is 1. The van der Waals surface area contributed by atoms with Crippen LogP contribution in [0.25, 0.3) is 0 Å². The SMILES string of the molecule is Cl.NCCCOC1CCN(C(=O)c2cccc(Cl)c2)CC1. The second-order valence-electron chi connectivity index (χ2n) is 5.01. The third kappa shape index (κ3) is 5.47. The van der Waals surface area contributed by atoms with Gasteiger partial charge in [-0.3, -0.25) is 4.79 Å². The first-order valence-corrected chi connectivity index (χ1v) is 7.45. The molecule has 0 aliphatic carbocycles. The molecule has 0 bridgehead atoms. The zero-order valence-corrected chi connectivity index (χ0v) is 13.5. The summed E-state index contributed by atoms with van der Waals surface area (Å²) >= 11 is 5.92. The third-order valence-electron chi connectivity index (χ3n) is 3.50. The van der Waals surface area contributed by atoms with Crippen molar-refractivity contribution in [3.63, 3.8) is 0 Å². The number of likely N-dealkylation sites (tertiary alicyclic amines) is 1. The smallest absolute Gasteiger partial charge is 0.253 e. The van der Waals surface area contributed by atoms with Gasteiger partial charge in [-0.2, -0.15) is 0 Å². The minimum absolute atomic E-state index is 0. The second kappa shape index (κ2) is 9.26. The van der Waals surface area contributed by atoms with Crippen LogP contribution in [-0.2, 0) is 4.74 Å². The molecule has 2 N–H and O–H groups in total. The maximum absolute atomic E-state index is 12.3. The number of hydrogen-bond acceptors (Lipinski definition) is 3. The van der Waals surface area contributed by atoms with Crippen LogP contribution in [0.1, 0.15) is 29.6 Å². The topological polar surface area (TPSA) is 55.6 Å². The Bertz CT molecular complexity index is 449. The van der Waals surface area contributed by atoms with E-state index in [0.717, 1.165) is 32.4 Å². The Morgan fingerprint density at radius 1 is 1.38 bits per heavy atom. The van der Waals surface area contributed by atoms with E-state index in [1.807, 2.05) is 4.90 Å². The summed E-state index contributed by atoms with van der Waals surface area (Å²) < 4.78 is 5.74. The van der Waals surface area contributed by atoms with E-state index in [-0.39, 0.29) is 24.4 Å². The largest absolute Gasteiger partial charge is 0.378 e. The molecule has 1 aromatic carbocycles. The Balaban J connectivity index is 0.00000220. The van der Waals surface area contributed by atoms with E-state index in [1.54, 1.807) is 24.3 Å². The van der Waals surface area contributed by atoms with Crippen molar-refractivity contribution in [1.29, 1.82) is 0 Å². The minimum Gasteiger partial charge on any atom is -0.378 e. The fourth-order valence-corrected chi connectivity index (χ4v) is 2.55. The molecular weight excluding hydrogens is 311 g/mol. The lowest BCUT2D eigenvalue weighted by Crippen LogP contribution is -2.41. The van der Waals surface area contributed by atoms with Gasteiger partial charge in [0.15, 0.2) is 0 Å². The zero-order chi connectivity index (χ0) is 14.4.